The number of hydrazine groups is 1. The number of nitrogens with two attached hydrogens (primary N) is 2. The first-order valence-corrected chi connectivity index (χ1v) is 11.8. The number of guanidine groups is 1. The lowest BCUT2D eigenvalue weighted by molar-refractivity contribution is -0.139. The monoisotopic (exact) mass is 586 g/mol. The van der Waals surface area contributed by atoms with Crippen LogP contribution in [0.3, 0.4) is 0 Å². The quantitative estimate of drug-likeness (QED) is 0.365. The average Bonchev–Trinajstić information content (AvgIpc) is 3.17. The highest BCUT2D eigenvalue weighted by Gasteiger charge is 2.39. The van der Waals surface area contributed by atoms with Gasteiger partial charge in [0.2, 0.25) is 11.7 Å². The molecule has 0 aliphatic carbocycles. The molecule has 0 bridgehead atoms. The van der Waals surface area contributed by atoms with Gasteiger partial charge >= 0.3 is 12.4 Å². The van der Waals surface area contributed by atoms with Crippen LogP contribution in [0.4, 0.5) is 26.3 Å². The minimum atomic E-state index is -4.75. The standard InChI is InChI=1S/C23H25ClF6N6O.ClH/c24-18-12-14(23(32)33-20(31)34-35-23)11-17(22(28,29)30)19(18)13-1-3-15(4-2-13)37-16-5-8-36(9-6-16)10-7-21(25,26)27;/h1-4,11-12,16,35H,5-10,32H2,(H3,31,33,34);1H. The van der Waals surface area contributed by atoms with Crippen molar-refractivity contribution in [3.8, 4) is 16.9 Å². The summed E-state index contributed by atoms with van der Waals surface area (Å²) in [6.07, 6.45) is -8.92. The molecule has 2 aliphatic rings. The number of aliphatic imine (C=N–C) groups is 1. The van der Waals surface area contributed by atoms with E-state index in [9.17, 15) is 26.3 Å². The molecule has 0 aromatic heterocycles. The largest absolute Gasteiger partial charge is 0.490 e. The molecule has 0 saturated carbocycles. The maximum absolute atomic E-state index is 14.0. The SMILES string of the molecule is Cl.NC1=NC(N)(c2cc(Cl)c(-c3ccc(OC4CCN(CCC(F)(F)F)CC4)cc3)c(C(F)(F)F)c2)NN1. The van der Waals surface area contributed by atoms with E-state index in [0.29, 0.717) is 31.7 Å². The molecule has 1 unspecified atom stereocenters. The molecule has 4 rings (SSSR count). The Labute approximate surface area is 225 Å². The molecule has 0 spiro atoms. The van der Waals surface area contributed by atoms with Crippen molar-refractivity contribution in [2.45, 2.75) is 43.5 Å². The average molecular weight is 587 g/mol. The maximum Gasteiger partial charge on any atom is 0.417 e. The molecule has 7 nitrogen and oxygen atoms in total. The summed E-state index contributed by atoms with van der Waals surface area (Å²) in [6.45, 7) is 0.889. The second kappa shape index (κ2) is 11.3. The van der Waals surface area contributed by atoms with E-state index in [4.69, 9.17) is 27.8 Å². The van der Waals surface area contributed by atoms with Crippen LogP contribution in [0.1, 0.15) is 30.4 Å². The fourth-order valence-electron chi connectivity index (χ4n) is 4.31. The van der Waals surface area contributed by atoms with Gasteiger partial charge in [-0.25, -0.2) is 4.99 Å². The molecular weight excluding hydrogens is 561 g/mol. The summed E-state index contributed by atoms with van der Waals surface area (Å²) in [4.78, 5) is 5.64. The smallest absolute Gasteiger partial charge is 0.417 e. The van der Waals surface area contributed by atoms with E-state index in [1.807, 2.05) is 0 Å². The van der Waals surface area contributed by atoms with Crippen molar-refractivity contribution < 1.29 is 31.1 Å². The van der Waals surface area contributed by atoms with Crippen LogP contribution in [0.25, 0.3) is 11.1 Å². The van der Waals surface area contributed by atoms with Gasteiger partial charge in [-0.05, 0) is 42.7 Å². The Hall–Kier alpha value is -2.45. The number of nitrogens with one attached hydrogen (secondary N) is 2. The highest BCUT2D eigenvalue weighted by Crippen LogP contribution is 2.43. The second-order valence-corrected chi connectivity index (χ2v) is 9.35. The van der Waals surface area contributed by atoms with Crippen molar-refractivity contribution in [2.75, 3.05) is 19.6 Å². The number of halogens is 8. The summed E-state index contributed by atoms with van der Waals surface area (Å²) in [5.41, 5.74) is 15.5. The number of piperidine rings is 1. The van der Waals surface area contributed by atoms with E-state index >= 15 is 0 Å². The zero-order valence-electron chi connectivity index (χ0n) is 19.8. The van der Waals surface area contributed by atoms with Gasteiger partial charge in [0.15, 0.2) is 0 Å². The highest BCUT2D eigenvalue weighted by molar-refractivity contribution is 6.33. The van der Waals surface area contributed by atoms with Crippen LogP contribution in [0.5, 0.6) is 5.75 Å². The molecule has 2 heterocycles. The first-order valence-electron chi connectivity index (χ1n) is 11.4. The van der Waals surface area contributed by atoms with E-state index in [2.05, 4.69) is 15.8 Å². The number of benzene rings is 2. The van der Waals surface area contributed by atoms with E-state index in [1.54, 1.807) is 4.90 Å². The van der Waals surface area contributed by atoms with Crippen LogP contribution in [0, 0.1) is 0 Å². The molecular formula is C23H26Cl2F6N6O. The lowest BCUT2D eigenvalue weighted by atomic mass is 9.95. The number of nitrogens with zero attached hydrogens (tertiary/aromatic N) is 2. The third kappa shape index (κ3) is 7.14. The van der Waals surface area contributed by atoms with Crippen LogP contribution in [-0.2, 0) is 12.0 Å². The number of hydrogen-bond acceptors (Lipinski definition) is 7. The zero-order chi connectivity index (χ0) is 27.0. The van der Waals surface area contributed by atoms with Crippen LogP contribution in [-0.4, -0.2) is 42.8 Å². The first-order chi connectivity index (χ1) is 17.2. The molecule has 6 N–H and O–H groups in total. The Bertz CT molecular complexity index is 1150. The van der Waals surface area contributed by atoms with Gasteiger partial charge in [-0.1, -0.05) is 23.7 Å². The zero-order valence-corrected chi connectivity index (χ0v) is 21.4. The minimum absolute atomic E-state index is 0. The molecule has 0 amide bonds. The van der Waals surface area contributed by atoms with E-state index in [1.165, 1.54) is 30.3 Å². The predicted molar refractivity (Wildman–Crippen MR) is 134 cm³/mol. The third-order valence-corrected chi connectivity index (χ3v) is 6.50. The Morgan fingerprint density at radius 3 is 2.24 bits per heavy atom. The van der Waals surface area contributed by atoms with Crippen molar-refractivity contribution >= 4 is 30.0 Å². The van der Waals surface area contributed by atoms with Gasteiger partial charge < -0.3 is 15.4 Å². The molecule has 15 heteroatoms. The number of rotatable bonds is 6. The Morgan fingerprint density at radius 1 is 1.08 bits per heavy atom. The van der Waals surface area contributed by atoms with Gasteiger partial charge in [0.05, 0.1) is 12.0 Å². The molecule has 1 fully saturated rings. The van der Waals surface area contributed by atoms with Gasteiger partial charge in [-0.15, -0.1) is 12.4 Å². The highest BCUT2D eigenvalue weighted by atomic mass is 35.5. The first kappa shape index (κ1) is 30.1. The van der Waals surface area contributed by atoms with E-state index < -0.39 is 30.1 Å². The summed E-state index contributed by atoms with van der Waals surface area (Å²) >= 11 is 6.33. The summed E-state index contributed by atoms with van der Waals surface area (Å²) in [7, 11) is 0. The van der Waals surface area contributed by atoms with Crippen LogP contribution >= 0.6 is 24.0 Å². The Kier molecular flexibility index (Phi) is 8.98. The molecule has 2 aromatic carbocycles. The minimum Gasteiger partial charge on any atom is -0.490 e. The summed E-state index contributed by atoms with van der Waals surface area (Å²) in [5, 5.41) is -0.183. The fourth-order valence-corrected chi connectivity index (χ4v) is 4.64. The predicted octanol–water partition coefficient (Wildman–Crippen LogP) is 4.73. The third-order valence-electron chi connectivity index (χ3n) is 6.21. The maximum atomic E-state index is 14.0. The summed E-state index contributed by atoms with van der Waals surface area (Å²) in [6, 6.07) is 8.16. The van der Waals surface area contributed by atoms with E-state index in [-0.39, 0.29) is 52.7 Å². The fraction of sp³-hybridized carbons (Fsp3) is 0.435. The van der Waals surface area contributed by atoms with Crippen LogP contribution in [0.2, 0.25) is 5.02 Å². The van der Waals surface area contributed by atoms with Crippen molar-refractivity contribution in [3.05, 3.63) is 52.5 Å². The topological polar surface area (TPSA) is 101 Å². The van der Waals surface area contributed by atoms with Crippen LogP contribution in [0.15, 0.2) is 41.4 Å². The molecule has 38 heavy (non-hydrogen) atoms. The second-order valence-electron chi connectivity index (χ2n) is 8.94. The van der Waals surface area contributed by atoms with Crippen LogP contribution < -0.4 is 27.1 Å². The number of likely N-dealkylation sites (tertiary alicyclic amines) is 1. The number of ether oxygens (including phenoxy) is 1. The molecule has 1 atom stereocenters. The molecule has 210 valence electrons. The molecule has 2 aromatic rings. The van der Waals surface area contributed by atoms with Crippen molar-refractivity contribution in [3.63, 3.8) is 0 Å². The lowest BCUT2D eigenvalue weighted by Gasteiger charge is -2.32. The van der Waals surface area contributed by atoms with Gasteiger partial charge in [0.25, 0.3) is 0 Å². The Balaban J connectivity index is 0.00000400. The number of hydrogen-bond donors (Lipinski definition) is 4. The van der Waals surface area contributed by atoms with Gasteiger partial charge in [0, 0.05) is 35.8 Å². The van der Waals surface area contributed by atoms with E-state index in [0.717, 1.165) is 6.07 Å². The summed E-state index contributed by atoms with van der Waals surface area (Å²) in [5.74, 6) is -1.38. The summed E-state index contributed by atoms with van der Waals surface area (Å²) < 4.78 is 85.3. The van der Waals surface area contributed by atoms with Gasteiger partial charge in [0.1, 0.15) is 11.9 Å². The molecule has 1 saturated heterocycles. The van der Waals surface area contributed by atoms with Gasteiger partial charge in [-0.2, -0.15) is 31.8 Å². The molecule has 2 aliphatic heterocycles. The lowest BCUT2D eigenvalue weighted by Crippen LogP contribution is -2.50. The van der Waals surface area contributed by atoms with Crippen molar-refractivity contribution in [1.82, 2.24) is 15.8 Å². The Morgan fingerprint density at radius 2 is 1.71 bits per heavy atom. The van der Waals surface area contributed by atoms with Crippen molar-refractivity contribution in [1.29, 1.82) is 0 Å². The van der Waals surface area contributed by atoms with Gasteiger partial charge in [-0.3, -0.25) is 11.2 Å². The normalized spacial score (nSPS) is 21.0. The van der Waals surface area contributed by atoms with Crippen molar-refractivity contribution in [2.24, 2.45) is 16.5 Å². The molecule has 0 radical (unpaired) electrons. The number of alkyl halides is 6.